The number of piperazine rings is 1. The normalized spacial score (nSPS) is 28.9. The van der Waals surface area contributed by atoms with Crippen LogP contribution in [-0.2, 0) is 20.9 Å². The van der Waals surface area contributed by atoms with E-state index in [0.29, 0.717) is 30.4 Å². The first kappa shape index (κ1) is 20.5. The van der Waals surface area contributed by atoms with Crippen molar-refractivity contribution in [2.75, 3.05) is 11.4 Å². The van der Waals surface area contributed by atoms with Gasteiger partial charge in [0.1, 0.15) is 18.4 Å². The number of benzene rings is 1. The lowest BCUT2D eigenvalue weighted by Crippen LogP contribution is -2.78. The molecule has 2 heterocycles. The number of hydrogen-bond acceptors (Lipinski definition) is 4. The van der Waals surface area contributed by atoms with Crippen LogP contribution in [0.5, 0.6) is 0 Å². The van der Waals surface area contributed by atoms with Crippen LogP contribution in [0.25, 0.3) is 0 Å². The molecule has 7 nitrogen and oxygen atoms in total. The minimum atomic E-state index is -0.877. The van der Waals surface area contributed by atoms with E-state index in [2.05, 4.69) is 4.98 Å². The number of rotatable bonds is 5. The molecule has 1 aromatic carbocycles. The quantitative estimate of drug-likeness (QED) is 0.770. The van der Waals surface area contributed by atoms with Crippen LogP contribution in [-0.4, -0.2) is 40.2 Å². The standard InChI is InChI=1S/C23H22F2N4O3/c1-13-6-16(25)19(27-7-13)29-9-17(30)28(8-14-2-4-15(24)5-3-14)18(20(29)31)22-10-23(11-22,12-22)21(26)32/h2-7,18H,8-12H2,1H3,(H2,26,32)/t18-,22?,23?/m1/s1. The Morgan fingerprint density at radius 2 is 1.84 bits per heavy atom. The summed E-state index contributed by atoms with van der Waals surface area (Å²) in [6.45, 7) is 1.44. The number of aromatic nitrogens is 1. The Morgan fingerprint density at radius 3 is 2.44 bits per heavy atom. The van der Waals surface area contributed by atoms with Gasteiger partial charge in [-0.25, -0.2) is 13.8 Å². The van der Waals surface area contributed by atoms with Gasteiger partial charge in [-0.3, -0.25) is 19.3 Å². The van der Waals surface area contributed by atoms with E-state index in [1.54, 1.807) is 19.1 Å². The Labute approximate surface area is 183 Å². The highest BCUT2D eigenvalue weighted by molar-refractivity contribution is 6.07. The topological polar surface area (TPSA) is 96.6 Å². The molecule has 2 aromatic rings. The molecule has 3 saturated carbocycles. The van der Waals surface area contributed by atoms with Crippen molar-refractivity contribution in [3.8, 4) is 0 Å². The highest BCUT2D eigenvalue weighted by Crippen LogP contribution is 2.75. The summed E-state index contributed by atoms with van der Waals surface area (Å²) in [5.41, 5.74) is 5.59. The number of carbonyl (C=O) groups excluding carboxylic acids is 3. The number of aryl methyl sites for hydroxylation is 1. The van der Waals surface area contributed by atoms with Crippen molar-refractivity contribution < 1.29 is 23.2 Å². The Balaban J connectivity index is 1.50. The van der Waals surface area contributed by atoms with Crippen LogP contribution in [0.15, 0.2) is 36.5 Å². The van der Waals surface area contributed by atoms with Gasteiger partial charge in [0.05, 0.1) is 5.41 Å². The summed E-state index contributed by atoms with van der Waals surface area (Å²) < 4.78 is 28.0. The van der Waals surface area contributed by atoms with Crippen molar-refractivity contribution in [3.05, 3.63) is 59.3 Å². The van der Waals surface area contributed by atoms with E-state index in [1.807, 2.05) is 0 Å². The maximum absolute atomic E-state index is 14.6. The van der Waals surface area contributed by atoms with Crippen LogP contribution >= 0.6 is 0 Å². The molecule has 9 heteroatoms. The SMILES string of the molecule is Cc1cnc(N2CC(=O)N(Cc3ccc(F)cc3)[C@@H](C34CC(C(N)=O)(C3)C4)C2=O)c(F)c1. The van der Waals surface area contributed by atoms with Crippen LogP contribution in [0.2, 0.25) is 0 Å². The first-order valence-corrected chi connectivity index (χ1v) is 10.4. The van der Waals surface area contributed by atoms with Gasteiger partial charge in [-0.1, -0.05) is 12.1 Å². The second kappa shape index (κ2) is 6.82. The maximum atomic E-state index is 14.6. The van der Waals surface area contributed by atoms with E-state index in [1.165, 1.54) is 29.3 Å². The molecule has 0 radical (unpaired) electrons. The Morgan fingerprint density at radius 1 is 1.19 bits per heavy atom. The van der Waals surface area contributed by atoms with Gasteiger partial charge in [-0.2, -0.15) is 0 Å². The molecule has 166 valence electrons. The van der Waals surface area contributed by atoms with Crippen molar-refractivity contribution in [1.29, 1.82) is 0 Å². The number of amides is 3. The van der Waals surface area contributed by atoms with E-state index < -0.39 is 40.3 Å². The number of primary amides is 1. The molecule has 1 atom stereocenters. The number of nitrogens with zero attached hydrogens (tertiary/aromatic N) is 3. The third kappa shape index (κ3) is 2.91. The molecule has 4 fully saturated rings. The zero-order valence-corrected chi connectivity index (χ0v) is 17.5. The second-order valence-electron chi connectivity index (χ2n) is 9.33. The smallest absolute Gasteiger partial charge is 0.252 e. The van der Waals surface area contributed by atoms with Crippen molar-refractivity contribution in [2.45, 2.75) is 38.8 Å². The zero-order chi connectivity index (χ0) is 22.8. The molecule has 32 heavy (non-hydrogen) atoms. The van der Waals surface area contributed by atoms with Gasteiger partial charge in [0.2, 0.25) is 11.8 Å². The summed E-state index contributed by atoms with van der Waals surface area (Å²) in [5, 5.41) is 0. The molecular formula is C23H22F2N4O3. The molecular weight excluding hydrogens is 418 g/mol. The first-order chi connectivity index (χ1) is 15.1. The molecule has 6 rings (SSSR count). The van der Waals surface area contributed by atoms with Crippen molar-refractivity contribution >= 4 is 23.5 Å². The van der Waals surface area contributed by atoms with Gasteiger partial charge in [0.25, 0.3) is 5.91 Å². The Bertz CT molecular complexity index is 1130. The Hall–Kier alpha value is -3.36. The molecule has 1 saturated heterocycles. The third-order valence-electron chi connectivity index (χ3n) is 7.08. The van der Waals surface area contributed by atoms with Gasteiger partial charge < -0.3 is 10.6 Å². The lowest BCUT2D eigenvalue weighted by Gasteiger charge is -2.72. The summed E-state index contributed by atoms with van der Waals surface area (Å²) in [7, 11) is 0. The number of carbonyl (C=O) groups is 3. The third-order valence-corrected chi connectivity index (χ3v) is 7.08. The largest absolute Gasteiger partial charge is 0.369 e. The number of pyridine rings is 1. The molecule has 0 unspecified atom stereocenters. The average Bonchev–Trinajstić information content (AvgIpc) is 2.66. The number of nitrogens with two attached hydrogens (primary N) is 1. The Kier molecular flexibility index (Phi) is 4.38. The van der Waals surface area contributed by atoms with E-state index >= 15 is 0 Å². The summed E-state index contributed by atoms with van der Waals surface area (Å²) in [6.07, 6.45) is 2.68. The zero-order valence-electron chi connectivity index (χ0n) is 17.5. The molecule has 0 spiro atoms. The van der Waals surface area contributed by atoms with Crippen LogP contribution < -0.4 is 10.6 Å². The first-order valence-electron chi connectivity index (χ1n) is 10.4. The molecule has 1 aliphatic heterocycles. The average molecular weight is 440 g/mol. The number of anilines is 1. The molecule has 2 N–H and O–H groups in total. The predicted octanol–water partition coefficient (Wildman–Crippen LogP) is 2.07. The molecule has 3 amide bonds. The minimum Gasteiger partial charge on any atom is -0.369 e. The van der Waals surface area contributed by atoms with Crippen molar-refractivity contribution in [3.63, 3.8) is 0 Å². The van der Waals surface area contributed by atoms with Crippen LogP contribution in [0, 0.1) is 29.4 Å². The van der Waals surface area contributed by atoms with Crippen molar-refractivity contribution in [2.24, 2.45) is 16.6 Å². The fourth-order valence-corrected chi connectivity index (χ4v) is 5.61. The lowest BCUT2D eigenvalue weighted by atomic mass is 9.32. The molecule has 4 aliphatic rings. The van der Waals surface area contributed by atoms with E-state index in [0.717, 1.165) is 4.90 Å². The van der Waals surface area contributed by atoms with E-state index in [9.17, 15) is 23.2 Å². The van der Waals surface area contributed by atoms with Crippen LogP contribution in [0.4, 0.5) is 14.6 Å². The van der Waals surface area contributed by atoms with E-state index in [-0.39, 0.29) is 24.8 Å². The number of hydrogen-bond donors (Lipinski definition) is 1. The van der Waals surface area contributed by atoms with Gasteiger partial charge in [-0.05, 0) is 55.5 Å². The number of halogens is 2. The van der Waals surface area contributed by atoms with Gasteiger partial charge in [0, 0.05) is 18.2 Å². The summed E-state index contributed by atoms with van der Waals surface area (Å²) in [6, 6.07) is 6.10. The molecule has 3 aliphatic carbocycles. The van der Waals surface area contributed by atoms with E-state index in [4.69, 9.17) is 5.73 Å². The fourth-order valence-electron chi connectivity index (χ4n) is 5.61. The van der Waals surface area contributed by atoms with Gasteiger partial charge >= 0.3 is 0 Å². The van der Waals surface area contributed by atoms with Gasteiger partial charge in [0.15, 0.2) is 11.6 Å². The summed E-state index contributed by atoms with van der Waals surface area (Å²) in [4.78, 5) is 45.3. The monoisotopic (exact) mass is 440 g/mol. The highest BCUT2D eigenvalue weighted by Gasteiger charge is 2.76. The van der Waals surface area contributed by atoms with Gasteiger partial charge in [-0.15, -0.1) is 0 Å². The van der Waals surface area contributed by atoms with Crippen LogP contribution in [0.1, 0.15) is 30.4 Å². The second-order valence-corrected chi connectivity index (χ2v) is 9.33. The molecule has 1 aromatic heterocycles. The minimum absolute atomic E-state index is 0.110. The molecule has 2 bridgehead atoms. The lowest BCUT2D eigenvalue weighted by molar-refractivity contribution is -0.231. The summed E-state index contributed by atoms with van der Waals surface area (Å²) in [5.74, 6) is -2.46. The summed E-state index contributed by atoms with van der Waals surface area (Å²) >= 11 is 0. The maximum Gasteiger partial charge on any atom is 0.252 e. The van der Waals surface area contributed by atoms with Crippen LogP contribution in [0.3, 0.4) is 0 Å². The fraction of sp³-hybridized carbons (Fsp3) is 0.391. The highest BCUT2D eigenvalue weighted by atomic mass is 19.1. The van der Waals surface area contributed by atoms with Crippen molar-refractivity contribution in [1.82, 2.24) is 9.88 Å². The predicted molar refractivity (Wildman–Crippen MR) is 110 cm³/mol.